The lowest BCUT2D eigenvalue weighted by molar-refractivity contribution is -0.384. The Morgan fingerprint density at radius 2 is 0.916 bits per heavy atom. The first-order chi connectivity index (χ1) is 40.4. The average molecular weight is 1140 g/mol. The molecule has 0 spiro atoms. The molecule has 83 heavy (non-hydrogen) atoms. The van der Waals surface area contributed by atoms with Gasteiger partial charge in [-0.25, -0.2) is 0 Å². The molecule has 0 aliphatic carbocycles. The van der Waals surface area contributed by atoms with E-state index in [2.05, 4.69) is 5.32 Å². The first-order valence-electron chi connectivity index (χ1n) is 28.2. The van der Waals surface area contributed by atoms with Crippen molar-refractivity contribution in [3.05, 3.63) is 214 Å². The monoisotopic (exact) mass is 1140 g/mol. The van der Waals surface area contributed by atoms with E-state index in [9.17, 15) is 19.7 Å². The number of nitrogens with one attached hydrogen (secondary N) is 1. The molecule has 15 unspecified atom stereocenters. The third-order valence-corrected chi connectivity index (χ3v) is 15.1. The van der Waals surface area contributed by atoms with Crippen LogP contribution in [0.25, 0.3) is 0 Å². The van der Waals surface area contributed by atoms with E-state index in [0.29, 0.717) is 6.61 Å². The Balaban J connectivity index is 1.14. The van der Waals surface area contributed by atoms with Crippen molar-refractivity contribution in [2.24, 2.45) is 11.8 Å². The summed E-state index contributed by atoms with van der Waals surface area (Å²) in [7, 11) is 0. The van der Waals surface area contributed by atoms with E-state index in [1.165, 1.54) is 38.1 Å². The lowest BCUT2D eigenvalue weighted by Gasteiger charge is -2.51. The summed E-state index contributed by atoms with van der Waals surface area (Å²) in [6, 6.07) is 52.9. The highest BCUT2D eigenvalue weighted by Crippen LogP contribution is 2.40. The SMILES string of the molecule is CC(=O)NC1C(Oc2ccc([N+](=O)[O-])cc2)OC(COCc2ccccc2)C(OC2OC(COCc3ccccc3)C(C)C(C)C2OC(C)=O)C1OC1OC(C)C(OCc2ccccc2)C(OCc2ccccc2)C1OCc1ccccc1. The molecular weight excluding hydrogens is 1060 g/mol. The maximum atomic E-state index is 13.7. The summed E-state index contributed by atoms with van der Waals surface area (Å²) in [4.78, 5) is 38.1. The molecule has 3 heterocycles. The van der Waals surface area contributed by atoms with Gasteiger partial charge in [0.15, 0.2) is 18.7 Å². The van der Waals surface area contributed by atoms with Crippen molar-refractivity contribution in [3.63, 3.8) is 0 Å². The molecule has 6 aromatic rings. The molecule has 3 fully saturated rings. The zero-order chi connectivity index (χ0) is 58.1. The Hall–Kier alpha value is -6.94. The molecular formula is C65H74N2O16. The molecule has 0 aromatic heterocycles. The van der Waals surface area contributed by atoms with Gasteiger partial charge in [-0.3, -0.25) is 19.7 Å². The fraction of sp³-hybridized carbons (Fsp3) is 0.415. The molecule has 0 bridgehead atoms. The first-order valence-corrected chi connectivity index (χ1v) is 28.2. The van der Waals surface area contributed by atoms with Gasteiger partial charge < -0.3 is 62.2 Å². The standard InChI is InChI=1S/C65H74N2O16/c1-42-43(2)57(78-46(5)69)64(80-54(42)40-72-35-47-21-11-6-12-22-47)82-59-55(41-73-36-48-23-13-7-14-24-48)81-63(79-53-33-31-52(32-34-53)67(70)71)56(66-45(4)68)60(59)83-65-62(76-39-51-29-19-10-20-30-51)61(75-38-50-27-17-9-18-28-50)58(44(3)77-65)74-37-49-25-15-8-16-26-49/h6-34,42-44,54-65H,35-41H2,1-5H3,(H,66,68). The quantitative estimate of drug-likeness (QED) is 0.0305. The van der Waals surface area contributed by atoms with E-state index in [0.717, 1.165) is 27.8 Å². The molecule has 0 saturated carbocycles. The van der Waals surface area contributed by atoms with Gasteiger partial charge in [0, 0.05) is 31.9 Å². The van der Waals surface area contributed by atoms with E-state index in [-0.39, 0.29) is 62.9 Å². The number of amides is 1. The van der Waals surface area contributed by atoms with Crippen molar-refractivity contribution in [3.8, 4) is 5.75 Å². The van der Waals surface area contributed by atoms with Crippen molar-refractivity contribution < 1.29 is 71.4 Å². The van der Waals surface area contributed by atoms with Crippen LogP contribution in [0, 0.1) is 22.0 Å². The Kier molecular flexibility index (Phi) is 22.0. The van der Waals surface area contributed by atoms with Gasteiger partial charge in [-0.2, -0.15) is 0 Å². The highest BCUT2D eigenvalue weighted by molar-refractivity contribution is 5.73. The lowest BCUT2D eigenvalue weighted by Crippen LogP contribution is -2.70. The Bertz CT molecular complexity index is 2910. The zero-order valence-corrected chi connectivity index (χ0v) is 47.3. The molecule has 18 heteroatoms. The average Bonchev–Trinajstić information content (AvgIpc) is 3.61. The summed E-state index contributed by atoms with van der Waals surface area (Å²) < 4.78 is 81.9. The summed E-state index contributed by atoms with van der Waals surface area (Å²) in [5.74, 6) is -1.38. The van der Waals surface area contributed by atoms with Gasteiger partial charge in [0.2, 0.25) is 12.2 Å². The van der Waals surface area contributed by atoms with Gasteiger partial charge in [-0.1, -0.05) is 166 Å². The minimum absolute atomic E-state index is 0.105. The van der Waals surface area contributed by atoms with Crippen LogP contribution in [-0.2, 0) is 94.7 Å². The van der Waals surface area contributed by atoms with Crippen molar-refractivity contribution in [2.45, 2.75) is 148 Å². The Labute approximate surface area is 484 Å². The van der Waals surface area contributed by atoms with Crippen LogP contribution in [0.15, 0.2) is 176 Å². The molecule has 6 aromatic carbocycles. The number of esters is 1. The topological polar surface area (TPSA) is 200 Å². The summed E-state index contributed by atoms with van der Waals surface area (Å²) in [6.07, 6.45) is -12.4. The van der Waals surface area contributed by atoms with E-state index in [1.807, 2.05) is 172 Å². The number of carbonyl (C=O) groups excluding carboxylic acids is 2. The number of nitrogens with zero attached hydrogens (tertiary/aromatic N) is 1. The number of non-ortho nitro benzene ring substituents is 1. The predicted octanol–water partition coefficient (Wildman–Crippen LogP) is 9.84. The van der Waals surface area contributed by atoms with Crippen LogP contribution in [0.1, 0.15) is 62.4 Å². The van der Waals surface area contributed by atoms with Crippen LogP contribution in [0.4, 0.5) is 5.69 Å². The molecule has 9 rings (SSSR count). The number of nitro groups is 1. The molecule has 440 valence electrons. The molecule has 18 nitrogen and oxygen atoms in total. The number of hydrogen-bond donors (Lipinski definition) is 1. The summed E-state index contributed by atoms with van der Waals surface area (Å²) in [5.41, 5.74) is 4.40. The lowest BCUT2D eigenvalue weighted by atomic mass is 9.83. The summed E-state index contributed by atoms with van der Waals surface area (Å²) in [6.45, 7) is 9.57. The summed E-state index contributed by atoms with van der Waals surface area (Å²) in [5, 5.41) is 14.9. The third-order valence-electron chi connectivity index (χ3n) is 15.1. The van der Waals surface area contributed by atoms with Crippen LogP contribution in [0.5, 0.6) is 5.75 Å². The number of rotatable bonds is 26. The van der Waals surface area contributed by atoms with Crippen molar-refractivity contribution in [2.75, 3.05) is 13.2 Å². The minimum atomic E-state index is -1.37. The van der Waals surface area contributed by atoms with E-state index >= 15 is 0 Å². The van der Waals surface area contributed by atoms with Crippen LogP contribution < -0.4 is 10.1 Å². The number of carbonyl (C=O) groups is 2. The van der Waals surface area contributed by atoms with Gasteiger partial charge >= 0.3 is 5.97 Å². The maximum Gasteiger partial charge on any atom is 0.303 e. The second kappa shape index (κ2) is 30.0. The number of hydrogen-bond acceptors (Lipinski definition) is 16. The Morgan fingerprint density at radius 1 is 0.482 bits per heavy atom. The van der Waals surface area contributed by atoms with E-state index in [4.69, 9.17) is 56.8 Å². The van der Waals surface area contributed by atoms with Crippen LogP contribution in [0.3, 0.4) is 0 Å². The fourth-order valence-electron chi connectivity index (χ4n) is 10.6. The summed E-state index contributed by atoms with van der Waals surface area (Å²) >= 11 is 0. The smallest absolute Gasteiger partial charge is 0.303 e. The van der Waals surface area contributed by atoms with Crippen molar-refractivity contribution in [1.29, 1.82) is 0 Å². The maximum absolute atomic E-state index is 13.7. The van der Waals surface area contributed by atoms with Gasteiger partial charge in [-0.15, -0.1) is 0 Å². The number of nitro benzene ring substituents is 1. The normalized spacial score (nSPS) is 27.9. The molecule has 1 amide bonds. The highest BCUT2D eigenvalue weighted by Gasteiger charge is 2.56. The van der Waals surface area contributed by atoms with Crippen LogP contribution >= 0.6 is 0 Å². The van der Waals surface area contributed by atoms with Gasteiger partial charge in [-0.05, 0) is 52.8 Å². The predicted molar refractivity (Wildman–Crippen MR) is 304 cm³/mol. The molecule has 15 atom stereocenters. The van der Waals surface area contributed by atoms with Crippen molar-refractivity contribution in [1.82, 2.24) is 5.32 Å². The third kappa shape index (κ3) is 16.9. The zero-order valence-electron chi connectivity index (χ0n) is 47.3. The largest absolute Gasteiger partial charge is 0.463 e. The van der Waals surface area contributed by atoms with Gasteiger partial charge in [0.05, 0.1) is 63.4 Å². The fourth-order valence-corrected chi connectivity index (χ4v) is 10.6. The molecule has 3 saturated heterocycles. The van der Waals surface area contributed by atoms with Gasteiger partial charge in [0.25, 0.3) is 5.69 Å². The minimum Gasteiger partial charge on any atom is -0.463 e. The molecule has 3 aliphatic rings. The van der Waals surface area contributed by atoms with Gasteiger partial charge in [0.1, 0.15) is 48.4 Å². The van der Waals surface area contributed by atoms with E-state index < -0.39 is 96.6 Å². The second-order valence-corrected chi connectivity index (χ2v) is 21.2. The number of ether oxygens (including phenoxy) is 12. The van der Waals surface area contributed by atoms with Crippen LogP contribution in [0.2, 0.25) is 0 Å². The highest BCUT2D eigenvalue weighted by atomic mass is 16.8. The second-order valence-electron chi connectivity index (χ2n) is 21.2. The molecule has 1 N–H and O–H groups in total. The number of benzene rings is 6. The Morgan fingerprint density at radius 3 is 1.40 bits per heavy atom. The molecule has 3 aliphatic heterocycles. The van der Waals surface area contributed by atoms with E-state index in [1.54, 1.807) is 0 Å². The van der Waals surface area contributed by atoms with Crippen LogP contribution in [-0.4, -0.2) is 110 Å². The molecule has 0 radical (unpaired) electrons. The first kappa shape index (κ1) is 60.6. The van der Waals surface area contributed by atoms with Crippen molar-refractivity contribution >= 4 is 17.6 Å².